The standard InChI is InChI=1S/C36H52N2/c1-13-25-19-29-31(35(9,10)17-15-33(29,5)6)21-27(25)23(3)37-38-24(4)28-22-32-30(20-26(28)14-2)34(7,8)16-18-36(32,11)12/h19-22H,13-18H2,1-12H3/b37-23-,38-24-. The molecule has 2 aromatic carbocycles. The van der Waals surface area contributed by atoms with Crippen LogP contribution in [0.5, 0.6) is 0 Å². The molecule has 0 atom stereocenters. The van der Waals surface area contributed by atoms with E-state index in [1.54, 1.807) is 0 Å². The topological polar surface area (TPSA) is 24.7 Å². The minimum Gasteiger partial charge on any atom is -0.155 e. The summed E-state index contributed by atoms with van der Waals surface area (Å²) in [5.41, 5.74) is 14.2. The Morgan fingerprint density at radius 3 is 1.05 bits per heavy atom. The van der Waals surface area contributed by atoms with E-state index in [-0.39, 0.29) is 21.7 Å². The van der Waals surface area contributed by atoms with Crippen LogP contribution >= 0.6 is 0 Å². The molecule has 0 spiro atoms. The van der Waals surface area contributed by atoms with E-state index in [0.717, 1.165) is 24.3 Å². The van der Waals surface area contributed by atoms with Crippen molar-refractivity contribution < 1.29 is 0 Å². The van der Waals surface area contributed by atoms with Gasteiger partial charge in [0.05, 0.1) is 11.4 Å². The number of nitrogens with zero attached hydrogens (tertiary/aromatic N) is 2. The van der Waals surface area contributed by atoms with Gasteiger partial charge in [-0.1, -0.05) is 81.4 Å². The Morgan fingerprint density at radius 1 is 0.526 bits per heavy atom. The second-order valence-corrected chi connectivity index (χ2v) is 14.7. The van der Waals surface area contributed by atoms with Crippen molar-refractivity contribution in [1.82, 2.24) is 0 Å². The Morgan fingerprint density at radius 2 is 0.789 bits per heavy atom. The van der Waals surface area contributed by atoms with Crippen LogP contribution in [0.2, 0.25) is 0 Å². The molecular weight excluding hydrogens is 460 g/mol. The number of hydrogen-bond acceptors (Lipinski definition) is 2. The zero-order valence-corrected chi connectivity index (χ0v) is 26.4. The highest BCUT2D eigenvalue weighted by Gasteiger charge is 2.39. The summed E-state index contributed by atoms with van der Waals surface area (Å²) in [5, 5.41) is 9.74. The molecule has 206 valence electrons. The first kappa shape index (κ1) is 28.8. The second kappa shape index (κ2) is 9.76. The highest BCUT2D eigenvalue weighted by atomic mass is 15.2. The summed E-state index contributed by atoms with van der Waals surface area (Å²) in [7, 11) is 0. The Hall–Kier alpha value is -2.22. The molecule has 0 fully saturated rings. The second-order valence-electron chi connectivity index (χ2n) is 14.7. The summed E-state index contributed by atoms with van der Waals surface area (Å²) in [6.07, 6.45) is 6.92. The van der Waals surface area contributed by atoms with E-state index >= 15 is 0 Å². The smallest absolute Gasteiger partial charge is 0.0674 e. The van der Waals surface area contributed by atoms with Crippen molar-refractivity contribution in [2.24, 2.45) is 10.2 Å². The summed E-state index contributed by atoms with van der Waals surface area (Å²) in [6, 6.07) is 9.84. The molecule has 2 aromatic rings. The van der Waals surface area contributed by atoms with E-state index in [0.29, 0.717) is 0 Å². The van der Waals surface area contributed by atoms with Crippen LogP contribution in [0.3, 0.4) is 0 Å². The lowest BCUT2D eigenvalue weighted by Crippen LogP contribution is -2.34. The molecule has 38 heavy (non-hydrogen) atoms. The van der Waals surface area contributed by atoms with E-state index in [2.05, 4.69) is 107 Å². The van der Waals surface area contributed by atoms with Gasteiger partial charge in [-0.25, -0.2) is 0 Å². The van der Waals surface area contributed by atoms with Crippen LogP contribution in [0.1, 0.15) is 153 Å². The fourth-order valence-corrected chi connectivity index (χ4v) is 6.83. The maximum Gasteiger partial charge on any atom is 0.0674 e. The normalized spacial score (nSPS) is 21.6. The van der Waals surface area contributed by atoms with Crippen LogP contribution in [0.25, 0.3) is 0 Å². The van der Waals surface area contributed by atoms with E-state index in [9.17, 15) is 0 Å². The summed E-state index contributed by atoms with van der Waals surface area (Å²) >= 11 is 0. The molecule has 2 nitrogen and oxygen atoms in total. The molecule has 0 heterocycles. The van der Waals surface area contributed by atoms with Gasteiger partial charge in [-0.3, -0.25) is 0 Å². The molecular formula is C36H52N2. The van der Waals surface area contributed by atoms with E-state index in [1.807, 2.05) is 0 Å². The number of benzene rings is 2. The van der Waals surface area contributed by atoms with Crippen LogP contribution in [-0.2, 0) is 34.5 Å². The number of hydrogen-bond donors (Lipinski definition) is 0. The first-order valence-corrected chi connectivity index (χ1v) is 15.0. The lowest BCUT2D eigenvalue weighted by molar-refractivity contribution is 0.331. The van der Waals surface area contributed by atoms with Crippen LogP contribution in [0.4, 0.5) is 0 Å². The number of rotatable bonds is 5. The predicted octanol–water partition coefficient (Wildman–Crippen LogP) is 9.74. The molecule has 0 aromatic heterocycles. The van der Waals surface area contributed by atoms with Gasteiger partial charge in [-0.2, -0.15) is 10.2 Å². The van der Waals surface area contributed by atoms with Gasteiger partial charge in [0.2, 0.25) is 0 Å². The van der Waals surface area contributed by atoms with Gasteiger partial charge in [-0.15, -0.1) is 0 Å². The van der Waals surface area contributed by atoms with Crippen molar-refractivity contribution in [2.45, 2.75) is 143 Å². The van der Waals surface area contributed by atoms with Crippen LogP contribution in [-0.4, -0.2) is 11.4 Å². The number of fused-ring (bicyclic) bond motifs is 2. The molecule has 0 aliphatic heterocycles. The molecule has 0 radical (unpaired) electrons. The SMILES string of the molecule is CCc1cc2c(cc1/C(C)=N\N=C(\C)c1cc3c(cc1CC)C(C)(C)CCC3(C)C)C(C)(C)CCC2(C)C. The van der Waals surface area contributed by atoms with Gasteiger partial charge in [0, 0.05) is 11.1 Å². The zero-order chi connectivity index (χ0) is 28.3. The van der Waals surface area contributed by atoms with Gasteiger partial charge in [0.1, 0.15) is 0 Å². The third kappa shape index (κ3) is 5.05. The third-order valence-corrected chi connectivity index (χ3v) is 10.0. The summed E-state index contributed by atoms with van der Waals surface area (Å²) < 4.78 is 0. The maximum atomic E-state index is 4.87. The fourth-order valence-electron chi connectivity index (χ4n) is 6.83. The van der Waals surface area contributed by atoms with Crippen molar-refractivity contribution >= 4 is 11.4 Å². The van der Waals surface area contributed by atoms with Gasteiger partial charge >= 0.3 is 0 Å². The fraction of sp³-hybridized carbons (Fsp3) is 0.611. The van der Waals surface area contributed by atoms with Crippen LogP contribution < -0.4 is 0 Å². The van der Waals surface area contributed by atoms with Gasteiger partial charge < -0.3 is 0 Å². The molecule has 4 rings (SSSR count). The van der Waals surface area contributed by atoms with Crippen molar-refractivity contribution in [3.8, 4) is 0 Å². The molecule has 0 bridgehead atoms. The summed E-state index contributed by atoms with van der Waals surface area (Å²) in [4.78, 5) is 0. The molecule has 0 saturated heterocycles. The Balaban J connectivity index is 1.79. The molecule has 0 saturated carbocycles. The van der Waals surface area contributed by atoms with Gasteiger partial charge in [0.15, 0.2) is 0 Å². The Kier molecular flexibility index (Phi) is 7.39. The number of aryl methyl sites for hydroxylation is 2. The average Bonchev–Trinajstić information content (AvgIpc) is 2.86. The van der Waals surface area contributed by atoms with Gasteiger partial charge in [0.25, 0.3) is 0 Å². The van der Waals surface area contributed by atoms with Crippen molar-refractivity contribution in [3.63, 3.8) is 0 Å². The molecule has 0 amide bonds. The molecule has 2 aliphatic rings. The van der Waals surface area contributed by atoms with Crippen molar-refractivity contribution in [1.29, 1.82) is 0 Å². The maximum absolute atomic E-state index is 4.87. The first-order valence-electron chi connectivity index (χ1n) is 15.0. The van der Waals surface area contributed by atoms with Crippen LogP contribution in [0, 0.1) is 0 Å². The summed E-state index contributed by atoms with van der Waals surface area (Å²) in [6.45, 7) is 28.0. The lowest BCUT2D eigenvalue weighted by atomic mass is 9.62. The highest BCUT2D eigenvalue weighted by Crippen LogP contribution is 2.48. The largest absolute Gasteiger partial charge is 0.155 e. The summed E-state index contributed by atoms with van der Waals surface area (Å²) in [5.74, 6) is 0. The molecule has 0 N–H and O–H groups in total. The predicted molar refractivity (Wildman–Crippen MR) is 167 cm³/mol. The average molecular weight is 513 g/mol. The molecule has 2 heteroatoms. The van der Waals surface area contributed by atoms with E-state index < -0.39 is 0 Å². The quantitative estimate of drug-likeness (QED) is 0.281. The van der Waals surface area contributed by atoms with Crippen molar-refractivity contribution in [2.75, 3.05) is 0 Å². The monoisotopic (exact) mass is 512 g/mol. The minimum absolute atomic E-state index is 0.186. The van der Waals surface area contributed by atoms with Gasteiger partial charge in [-0.05, 0) is 120 Å². The van der Waals surface area contributed by atoms with Crippen LogP contribution in [0.15, 0.2) is 34.5 Å². The van der Waals surface area contributed by atoms with E-state index in [4.69, 9.17) is 10.2 Å². The Bertz CT molecular complexity index is 1200. The lowest BCUT2D eigenvalue weighted by Gasteiger charge is -2.42. The first-order chi connectivity index (χ1) is 17.5. The van der Waals surface area contributed by atoms with Crippen molar-refractivity contribution in [3.05, 3.63) is 68.8 Å². The molecule has 0 unspecified atom stereocenters. The molecule has 2 aliphatic carbocycles. The zero-order valence-electron chi connectivity index (χ0n) is 26.4. The third-order valence-electron chi connectivity index (χ3n) is 10.0. The minimum atomic E-state index is 0.186. The highest BCUT2D eigenvalue weighted by molar-refractivity contribution is 6.03. The van der Waals surface area contributed by atoms with E-state index in [1.165, 1.54) is 70.2 Å². The Labute approximate surface area is 233 Å².